The molecule has 0 heterocycles. The van der Waals surface area contributed by atoms with Gasteiger partial charge in [-0.25, -0.2) is 9.59 Å². The molecule has 22 heavy (non-hydrogen) atoms. The van der Waals surface area contributed by atoms with Crippen molar-refractivity contribution in [1.29, 1.82) is 0 Å². The number of carboxylic acids is 1. The molecule has 0 radical (unpaired) electrons. The standard InChI is InChI=1S/C16H15NO5/c1-2-10-3-6-12(7-4-10)22-16(21)17-11-5-8-13(15(19)20)14(18)9-11/h3-9,18H,2H2,1H3,(H,17,21)(H,19,20). The fraction of sp³-hybridized carbons (Fsp3) is 0.125. The molecule has 114 valence electrons. The molecule has 1 amide bonds. The van der Waals surface area contributed by atoms with E-state index in [2.05, 4.69) is 5.32 Å². The second kappa shape index (κ2) is 6.62. The number of carboxylic acid groups (broad SMARTS) is 1. The molecular formula is C16H15NO5. The van der Waals surface area contributed by atoms with Crippen LogP contribution in [-0.2, 0) is 6.42 Å². The Morgan fingerprint density at radius 1 is 1.14 bits per heavy atom. The highest BCUT2D eigenvalue weighted by Gasteiger charge is 2.11. The molecule has 0 bridgehead atoms. The number of hydrogen-bond acceptors (Lipinski definition) is 4. The van der Waals surface area contributed by atoms with E-state index in [1.54, 1.807) is 12.1 Å². The minimum Gasteiger partial charge on any atom is -0.507 e. The van der Waals surface area contributed by atoms with Crippen molar-refractivity contribution >= 4 is 17.7 Å². The quantitative estimate of drug-likeness (QED) is 0.805. The van der Waals surface area contributed by atoms with Gasteiger partial charge in [0.1, 0.15) is 17.1 Å². The Balaban J connectivity index is 2.02. The summed E-state index contributed by atoms with van der Waals surface area (Å²) in [5.41, 5.74) is 1.12. The first-order chi connectivity index (χ1) is 10.5. The summed E-state index contributed by atoms with van der Waals surface area (Å²) in [4.78, 5) is 22.5. The van der Waals surface area contributed by atoms with Gasteiger partial charge in [-0.1, -0.05) is 19.1 Å². The lowest BCUT2D eigenvalue weighted by Gasteiger charge is -2.08. The Bertz CT molecular complexity index is 694. The zero-order chi connectivity index (χ0) is 16.1. The Morgan fingerprint density at radius 3 is 2.36 bits per heavy atom. The molecule has 0 saturated heterocycles. The number of hydrogen-bond donors (Lipinski definition) is 3. The summed E-state index contributed by atoms with van der Waals surface area (Å²) in [5, 5.41) is 20.8. The lowest BCUT2D eigenvalue weighted by Crippen LogP contribution is -2.16. The third kappa shape index (κ3) is 3.76. The molecular weight excluding hydrogens is 286 g/mol. The number of nitrogens with one attached hydrogen (secondary N) is 1. The molecule has 6 nitrogen and oxygen atoms in total. The van der Waals surface area contributed by atoms with Crippen LogP contribution in [0, 0.1) is 0 Å². The summed E-state index contributed by atoms with van der Waals surface area (Å²) in [6.07, 6.45) is 0.161. The van der Waals surface area contributed by atoms with Gasteiger partial charge in [0.05, 0.1) is 0 Å². The first kappa shape index (κ1) is 15.4. The average Bonchev–Trinajstić information content (AvgIpc) is 2.47. The second-order valence-electron chi connectivity index (χ2n) is 4.55. The Kier molecular flexibility index (Phi) is 4.63. The molecule has 0 aliphatic carbocycles. The first-order valence-corrected chi connectivity index (χ1v) is 6.63. The van der Waals surface area contributed by atoms with Crippen molar-refractivity contribution in [2.45, 2.75) is 13.3 Å². The van der Waals surface area contributed by atoms with Crippen LogP contribution in [0.1, 0.15) is 22.8 Å². The monoisotopic (exact) mass is 301 g/mol. The topological polar surface area (TPSA) is 95.9 Å². The van der Waals surface area contributed by atoms with Gasteiger partial charge in [0, 0.05) is 11.8 Å². The number of phenols is 1. The van der Waals surface area contributed by atoms with Crippen LogP contribution in [0.3, 0.4) is 0 Å². The van der Waals surface area contributed by atoms with Gasteiger partial charge in [-0.05, 0) is 36.2 Å². The average molecular weight is 301 g/mol. The van der Waals surface area contributed by atoms with Crippen molar-refractivity contribution in [2.75, 3.05) is 5.32 Å². The molecule has 2 aromatic rings. The summed E-state index contributed by atoms with van der Waals surface area (Å²) in [6.45, 7) is 2.02. The minimum atomic E-state index is -1.25. The van der Waals surface area contributed by atoms with Crippen molar-refractivity contribution < 1.29 is 24.5 Å². The van der Waals surface area contributed by atoms with E-state index in [9.17, 15) is 14.7 Å². The Morgan fingerprint density at radius 2 is 1.82 bits per heavy atom. The predicted octanol–water partition coefficient (Wildman–Crippen LogP) is 3.26. The Hall–Kier alpha value is -3.02. The van der Waals surface area contributed by atoms with Crippen molar-refractivity contribution in [3.63, 3.8) is 0 Å². The maximum Gasteiger partial charge on any atom is 0.417 e. The second-order valence-corrected chi connectivity index (χ2v) is 4.55. The lowest BCUT2D eigenvalue weighted by molar-refractivity contribution is 0.0693. The van der Waals surface area contributed by atoms with Crippen molar-refractivity contribution in [1.82, 2.24) is 0 Å². The summed E-state index contributed by atoms with van der Waals surface area (Å²) >= 11 is 0. The predicted molar refractivity (Wildman–Crippen MR) is 80.5 cm³/mol. The first-order valence-electron chi connectivity index (χ1n) is 6.63. The van der Waals surface area contributed by atoms with Gasteiger partial charge in [0.25, 0.3) is 0 Å². The number of aromatic hydroxyl groups is 1. The van der Waals surface area contributed by atoms with Gasteiger partial charge >= 0.3 is 12.1 Å². The third-order valence-corrected chi connectivity index (χ3v) is 3.02. The van der Waals surface area contributed by atoms with Gasteiger partial charge in [0.15, 0.2) is 0 Å². The van der Waals surface area contributed by atoms with Gasteiger partial charge in [-0.3, -0.25) is 5.32 Å². The molecule has 0 atom stereocenters. The number of amides is 1. The molecule has 3 N–H and O–H groups in total. The molecule has 0 spiro atoms. The van der Waals surface area contributed by atoms with E-state index in [1.165, 1.54) is 12.1 Å². The van der Waals surface area contributed by atoms with E-state index in [4.69, 9.17) is 9.84 Å². The Labute approximate surface area is 127 Å². The van der Waals surface area contributed by atoms with Crippen LogP contribution in [0.4, 0.5) is 10.5 Å². The maximum absolute atomic E-state index is 11.7. The van der Waals surface area contributed by atoms with E-state index >= 15 is 0 Å². The lowest BCUT2D eigenvalue weighted by atomic mass is 10.2. The van der Waals surface area contributed by atoms with Crippen LogP contribution < -0.4 is 10.1 Å². The maximum atomic E-state index is 11.7. The number of aryl methyl sites for hydroxylation is 1. The van der Waals surface area contributed by atoms with Gasteiger partial charge in [-0.2, -0.15) is 0 Å². The molecule has 0 unspecified atom stereocenters. The molecule has 2 rings (SSSR count). The number of carbonyl (C=O) groups excluding carboxylic acids is 1. The highest BCUT2D eigenvalue weighted by atomic mass is 16.6. The number of benzene rings is 2. The number of rotatable bonds is 4. The fourth-order valence-corrected chi connectivity index (χ4v) is 1.83. The van der Waals surface area contributed by atoms with Crippen LogP contribution in [-0.4, -0.2) is 22.3 Å². The highest BCUT2D eigenvalue weighted by Crippen LogP contribution is 2.22. The zero-order valence-electron chi connectivity index (χ0n) is 11.9. The molecule has 2 aromatic carbocycles. The van der Waals surface area contributed by atoms with E-state index in [0.29, 0.717) is 5.75 Å². The third-order valence-electron chi connectivity index (χ3n) is 3.02. The van der Waals surface area contributed by atoms with Gasteiger partial charge < -0.3 is 14.9 Å². The number of anilines is 1. The molecule has 0 aromatic heterocycles. The van der Waals surface area contributed by atoms with Crippen LogP contribution in [0.25, 0.3) is 0 Å². The largest absolute Gasteiger partial charge is 0.507 e. The van der Waals surface area contributed by atoms with E-state index in [0.717, 1.165) is 18.1 Å². The van der Waals surface area contributed by atoms with Gasteiger partial charge in [0.2, 0.25) is 0 Å². The van der Waals surface area contributed by atoms with Crippen molar-refractivity contribution in [2.24, 2.45) is 0 Å². The van der Waals surface area contributed by atoms with E-state index in [-0.39, 0.29) is 11.3 Å². The fourth-order valence-electron chi connectivity index (χ4n) is 1.83. The number of ether oxygens (including phenoxy) is 1. The summed E-state index contributed by atoms with van der Waals surface area (Å²) in [6, 6.07) is 10.8. The van der Waals surface area contributed by atoms with Crippen LogP contribution in [0.15, 0.2) is 42.5 Å². The zero-order valence-corrected chi connectivity index (χ0v) is 11.9. The van der Waals surface area contributed by atoms with Crippen LogP contribution in [0.5, 0.6) is 11.5 Å². The highest BCUT2D eigenvalue weighted by molar-refractivity contribution is 5.93. The number of carbonyl (C=O) groups is 2. The van der Waals surface area contributed by atoms with Crippen molar-refractivity contribution in [3.8, 4) is 11.5 Å². The molecule has 0 aliphatic heterocycles. The minimum absolute atomic E-state index is 0.234. The van der Waals surface area contributed by atoms with E-state index < -0.39 is 17.8 Å². The normalized spacial score (nSPS) is 10.0. The molecule has 0 aliphatic rings. The van der Waals surface area contributed by atoms with Gasteiger partial charge in [-0.15, -0.1) is 0 Å². The molecule has 0 fully saturated rings. The summed E-state index contributed by atoms with van der Waals surface area (Å²) in [7, 11) is 0. The van der Waals surface area contributed by atoms with E-state index in [1.807, 2.05) is 19.1 Å². The summed E-state index contributed by atoms with van der Waals surface area (Å²) < 4.78 is 5.09. The SMILES string of the molecule is CCc1ccc(OC(=O)Nc2ccc(C(=O)O)c(O)c2)cc1. The molecule has 6 heteroatoms. The molecule has 0 saturated carbocycles. The summed E-state index contributed by atoms with van der Waals surface area (Å²) in [5.74, 6) is -1.29. The number of aromatic carboxylic acids is 1. The van der Waals surface area contributed by atoms with Crippen LogP contribution in [0.2, 0.25) is 0 Å². The smallest absolute Gasteiger partial charge is 0.417 e. The van der Waals surface area contributed by atoms with Crippen molar-refractivity contribution in [3.05, 3.63) is 53.6 Å². The van der Waals surface area contributed by atoms with Crippen LogP contribution >= 0.6 is 0 Å².